The molecule has 1 atom stereocenters. The first-order valence-corrected chi connectivity index (χ1v) is 9.90. The fraction of sp³-hybridized carbons (Fsp3) is 0.190. The second-order valence-electron chi connectivity index (χ2n) is 6.44. The number of hydrogen-bond donors (Lipinski definition) is 1. The minimum Gasteiger partial charge on any atom is -0.503 e. The molecule has 3 heterocycles. The lowest BCUT2D eigenvalue weighted by Crippen LogP contribution is -2.31. The number of benzene rings is 1. The van der Waals surface area contributed by atoms with Crippen LogP contribution < -0.4 is 9.64 Å². The first-order valence-electron chi connectivity index (χ1n) is 9.02. The number of ether oxygens (including phenoxy) is 1. The van der Waals surface area contributed by atoms with E-state index in [-0.39, 0.29) is 11.4 Å². The molecule has 0 saturated carbocycles. The predicted octanol–water partition coefficient (Wildman–Crippen LogP) is 4.23. The maximum atomic E-state index is 13.1. The van der Waals surface area contributed by atoms with Crippen LogP contribution in [0, 0.1) is 6.92 Å². The Morgan fingerprint density at radius 3 is 2.66 bits per heavy atom. The summed E-state index contributed by atoms with van der Waals surface area (Å²) in [6.45, 7) is 4.11. The number of aryl methyl sites for hydroxylation is 1. The topological polar surface area (TPSA) is 92.9 Å². The smallest absolute Gasteiger partial charge is 0.295 e. The van der Waals surface area contributed by atoms with E-state index in [1.165, 1.54) is 16.2 Å². The van der Waals surface area contributed by atoms with E-state index in [1.54, 1.807) is 54.8 Å². The van der Waals surface area contributed by atoms with Crippen molar-refractivity contribution < 1.29 is 24.0 Å². The van der Waals surface area contributed by atoms with Crippen LogP contribution in [0.1, 0.15) is 34.0 Å². The number of amides is 1. The van der Waals surface area contributed by atoms with Crippen molar-refractivity contribution in [2.24, 2.45) is 0 Å². The van der Waals surface area contributed by atoms with Crippen LogP contribution in [0.5, 0.6) is 5.75 Å². The third-order valence-corrected chi connectivity index (χ3v) is 5.44. The molecule has 2 aromatic heterocycles. The van der Waals surface area contributed by atoms with Crippen LogP contribution in [-0.2, 0) is 4.79 Å². The van der Waals surface area contributed by atoms with Crippen LogP contribution in [-0.4, -0.2) is 28.6 Å². The Hall–Kier alpha value is -3.39. The highest BCUT2D eigenvalue weighted by Gasteiger charge is 2.46. The van der Waals surface area contributed by atoms with Crippen LogP contribution >= 0.6 is 11.3 Å². The van der Waals surface area contributed by atoms with Crippen molar-refractivity contribution in [1.82, 2.24) is 5.16 Å². The van der Waals surface area contributed by atoms with Crippen molar-refractivity contribution >= 4 is 28.8 Å². The third kappa shape index (κ3) is 3.31. The van der Waals surface area contributed by atoms with E-state index in [9.17, 15) is 14.7 Å². The second-order valence-corrected chi connectivity index (χ2v) is 7.39. The molecule has 4 rings (SSSR count). The Morgan fingerprint density at radius 1 is 1.31 bits per heavy atom. The van der Waals surface area contributed by atoms with Gasteiger partial charge in [0.05, 0.1) is 23.1 Å². The van der Waals surface area contributed by atoms with E-state index >= 15 is 0 Å². The number of aliphatic hydroxyl groups excluding tert-OH is 1. The third-order valence-electron chi connectivity index (χ3n) is 4.57. The molecule has 1 aromatic carbocycles. The van der Waals surface area contributed by atoms with Crippen LogP contribution in [0.3, 0.4) is 0 Å². The fourth-order valence-corrected chi connectivity index (χ4v) is 3.99. The molecule has 0 saturated heterocycles. The van der Waals surface area contributed by atoms with E-state index in [1.807, 2.05) is 6.92 Å². The zero-order chi connectivity index (χ0) is 20.5. The summed E-state index contributed by atoms with van der Waals surface area (Å²) >= 11 is 1.25. The zero-order valence-corrected chi connectivity index (χ0v) is 16.6. The first kappa shape index (κ1) is 18.9. The molecule has 1 N–H and O–H groups in total. The van der Waals surface area contributed by atoms with Crippen LogP contribution in [0.25, 0.3) is 0 Å². The maximum Gasteiger partial charge on any atom is 0.295 e. The van der Waals surface area contributed by atoms with Gasteiger partial charge in [-0.15, -0.1) is 11.3 Å². The van der Waals surface area contributed by atoms with Crippen LogP contribution in [0.15, 0.2) is 63.7 Å². The van der Waals surface area contributed by atoms with Gasteiger partial charge in [0, 0.05) is 6.07 Å². The Bertz CT molecular complexity index is 1080. The van der Waals surface area contributed by atoms with E-state index in [2.05, 4.69) is 5.16 Å². The standard InChI is InChI=1S/C21H18N2O5S/c1-3-27-14-8-6-13(7-9-14)18-17(19(24)15-5-4-10-29-15)20(25)21(26)23(18)16-11-12(2)28-22-16/h4-11,18,25H,3H2,1-2H3/t18-/m0/s1. The van der Waals surface area contributed by atoms with Crippen molar-refractivity contribution in [1.29, 1.82) is 0 Å². The van der Waals surface area contributed by atoms with E-state index in [0.717, 1.165) is 0 Å². The van der Waals surface area contributed by atoms with Gasteiger partial charge in [-0.05, 0) is 43.0 Å². The average molecular weight is 410 g/mol. The van der Waals surface area contributed by atoms with E-state index in [0.29, 0.717) is 28.6 Å². The van der Waals surface area contributed by atoms with Gasteiger partial charge < -0.3 is 14.4 Å². The molecule has 3 aromatic rings. The molecule has 0 aliphatic carbocycles. The number of aliphatic hydroxyl groups is 1. The molecular weight excluding hydrogens is 392 g/mol. The molecular formula is C21H18N2O5S. The summed E-state index contributed by atoms with van der Waals surface area (Å²) in [4.78, 5) is 27.8. The number of thiophene rings is 1. The first-order chi connectivity index (χ1) is 14.0. The quantitative estimate of drug-likeness (QED) is 0.612. The summed E-state index contributed by atoms with van der Waals surface area (Å²) in [5, 5.41) is 16.3. The molecule has 0 spiro atoms. The molecule has 8 heteroatoms. The lowest BCUT2D eigenvalue weighted by Gasteiger charge is -2.24. The van der Waals surface area contributed by atoms with Gasteiger partial charge in [0.15, 0.2) is 11.6 Å². The highest BCUT2D eigenvalue weighted by Crippen LogP contribution is 2.42. The molecule has 0 radical (unpaired) electrons. The molecule has 0 unspecified atom stereocenters. The van der Waals surface area contributed by atoms with Gasteiger partial charge in [-0.2, -0.15) is 0 Å². The molecule has 148 valence electrons. The average Bonchev–Trinajstić information content (AvgIpc) is 3.44. The van der Waals surface area contributed by atoms with Gasteiger partial charge in [0.2, 0.25) is 5.78 Å². The maximum absolute atomic E-state index is 13.1. The molecule has 7 nitrogen and oxygen atoms in total. The fourth-order valence-electron chi connectivity index (χ4n) is 3.31. The van der Waals surface area contributed by atoms with Gasteiger partial charge in [-0.1, -0.05) is 23.4 Å². The minimum absolute atomic E-state index is 0.0160. The number of carbonyl (C=O) groups is 2. The zero-order valence-electron chi connectivity index (χ0n) is 15.8. The number of hydrogen-bond acceptors (Lipinski definition) is 7. The Labute approximate surface area is 170 Å². The second kappa shape index (κ2) is 7.56. The van der Waals surface area contributed by atoms with E-state index in [4.69, 9.17) is 9.26 Å². The molecule has 1 aliphatic rings. The number of carbonyl (C=O) groups excluding carboxylic acids is 2. The number of rotatable bonds is 6. The highest BCUT2D eigenvalue weighted by molar-refractivity contribution is 7.12. The minimum atomic E-state index is -0.836. The number of aromatic nitrogens is 1. The largest absolute Gasteiger partial charge is 0.503 e. The van der Waals surface area contributed by atoms with Gasteiger partial charge in [-0.25, -0.2) is 0 Å². The highest BCUT2D eigenvalue weighted by atomic mass is 32.1. The summed E-state index contributed by atoms with van der Waals surface area (Å²) in [5.41, 5.74) is 0.661. The van der Waals surface area contributed by atoms with E-state index < -0.39 is 23.5 Å². The molecule has 1 amide bonds. The SMILES string of the molecule is CCOc1ccc([C@H]2C(C(=O)c3cccs3)=C(O)C(=O)N2c2cc(C)on2)cc1. The van der Waals surface area contributed by atoms with Crippen molar-refractivity contribution in [2.75, 3.05) is 11.5 Å². The van der Waals surface area contributed by atoms with Gasteiger partial charge >= 0.3 is 0 Å². The van der Waals surface area contributed by atoms with Crippen molar-refractivity contribution in [3.8, 4) is 5.75 Å². The normalized spacial score (nSPS) is 16.6. The monoisotopic (exact) mass is 410 g/mol. The van der Waals surface area contributed by atoms with Gasteiger partial charge in [0.25, 0.3) is 5.91 Å². The Morgan fingerprint density at radius 2 is 2.07 bits per heavy atom. The Balaban J connectivity index is 1.83. The molecule has 0 bridgehead atoms. The molecule has 29 heavy (non-hydrogen) atoms. The van der Waals surface area contributed by atoms with Crippen LogP contribution in [0.2, 0.25) is 0 Å². The summed E-state index contributed by atoms with van der Waals surface area (Å²) in [7, 11) is 0. The summed E-state index contributed by atoms with van der Waals surface area (Å²) < 4.78 is 10.6. The van der Waals surface area contributed by atoms with Gasteiger partial charge in [-0.3, -0.25) is 14.5 Å². The number of anilines is 1. The summed E-state index contributed by atoms with van der Waals surface area (Å²) in [6.07, 6.45) is 0. The summed E-state index contributed by atoms with van der Waals surface area (Å²) in [5.74, 6) is -0.265. The van der Waals surface area contributed by atoms with Crippen molar-refractivity contribution in [3.05, 3.63) is 75.4 Å². The van der Waals surface area contributed by atoms with Crippen molar-refractivity contribution in [2.45, 2.75) is 19.9 Å². The number of nitrogens with zero attached hydrogens (tertiary/aromatic N) is 2. The van der Waals surface area contributed by atoms with Crippen LogP contribution in [0.4, 0.5) is 5.82 Å². The molecule has 0 fully saturated rings. The lowest BCUT2D eigenvalue weighted by molar-refractivity contribution is -0.117. The Kier molecular flexibility index (Phi) is 4.94. The number of Topliss-reactive ketones (excluding diaryl/α,β-unsaturated/α-hetero) is 1. The predicted molar refractivity (Wildman–Crippen MR) is 107 cm³/mol. The molecule has 1 aliphatic heterocycles. The summed E-state index contributed by atoms with van der Waals surface area (Å²) in [6, 6.07) is 11.2. The van der Waals surface area contributed by atoms with Gasteiger partial charge in [0.1, 0.15) is 11.5 Å². The number of ketones is 1. The lowest BCUT2D eigenvalue weighted by atomic mass is 9.95. The van der Waals surface area contributed by atoms with Crippen molar-refractivity contribution in [3.63, 3.8) is 0 Å².